The van der Waals surface area contributed by atoms with E-state index in [1.165, 1.54) is 0 Å². The number of aromatic nitrogens is 2. The molecule has 0 bridgehead atoms. The molecule has 4 heteroatoms. The van der Waals surface area contributed by atoms with Crippen LogP contribution in [0.5, 0.6) is 0 Å². The van der Waals surface area contributed by atoms with E-state index < -0.39 is 0 Å². The van der Waals surface area contributed by atoms with Crippen LogP contribution >= 0.6 is 0 Å². The topological polar surface area (TPSA) is 49.0 Å². The minimum Gasteiger partial charge on any atom is -0.346 e. The third kappa shape index (κ3) is 2.46. The summed E-state index contributed by atoms with van der Waals surface area (Å²) in [5.41, 5.74) is 1.86. The van der Waals surface area contributed by atoms with Gasteiger partial charge in [0.2, 0.25) is 5.91 Å². The summed E-state index contributed by atoms with van der Waals surface area (Å²) in [6.07, 6.45) is 5.03. The van der Waals surface area contributed by atoms with Crippen molar-refractivity contribution in [2.75, 3.05) is 13.6 Å². The number of carbonyl (C=O) groups excluding carboxylic acids is 1. The van der Waals surface area contributed by atoms with Crippen molar-refractivity contribution in [2.45, 2.75) is 19.8 Å². The van der Waals surface area contributed by atoms with Gasteiger partial charge in [-0.3, -0.25) is 4.79 Å². The van der Waals surface area contributed by atoms with Gasteiger partial charge in [-0.2, -0.15) is 0 Å². The van der Waals surface area contributed by atoms with Crippen LogP contribution in [0.2, 0.25) is 0 Å². The molecule has 0 aromatic carbocycles. The molecule has 0 atom stereocenters. The van der Waals surface area contributed by atoms with Gasteiger partial charge in [-0.25, -0.2) is 4.98 Å². The molecule has 4 nitrogen and oxygen atoms in total. The Labute approximate surface area is 101 Å². The fourth-order valence-electron chi connectivity index (χ4n) is 1.92. The molecular formula is C13H17N3O. The van der Waals surface area contributed by atoms with E-state index >= 15 is 0 Å². The van der Waals surface area contributed by atoms with Gasteiger partial charge in [-0.1, -0.05) is 6.92 Å². The molecule has 17 heavy (non-hydrogen) atoms. The Morgan fingerprint density at radius 2 is 2.35 bits per heavy atom. The molecule has 2 rings (SSSR count). The maximum Gasteiger partial charge on any atom is 0.226 e. The van der Waals surface area contributed by atoms with Gasteiger partial charge in [0, 0.05) is 31.4 Å². The molecule has 1 amide bonds. The molecule has 0 aliphatic heterocycles. The number of hydrogen-bond donors (Lipinski definition) is 1. The van der Waals surface area contributed by atoms with Gasteiger partial charge in [0.15, 0.2) is 0 Å². The lowest BCUT2D eigenvalue weighted by molar-refractivity contribution is -0.129. The number of carbonyl (C=O) groups is 1. The average molecular weight is 231 g/mol. The number of nitrogens with one attached hydrogen (secondary N) is 1. The molecule has 0 aliphatic rings. The van der Waals surface area contributed by atoms with Crippen LogP contribution in [-0.2, 0) is 11.2 Å². The molecule has 0 radical (unpaired) electrons. The van der Waals surface area contributed by atoms with E-state index in [-0.39, 0.29) is 5.91 Å². The molecule has 2 aromatic rings. The highest BCUT2D eigenvalue weighted by atomic mass is 16.2. The molecule has 90 valence electrons. The fourth-order valence-corrected chi connectivity index (χ4v) is 1.92. The number of fused-ring (bicyclic) bond motifs is 1. The average Bonchev–Trinajstić information content (AvgIpc) is 2.73. The van der Waals surface area contributed by atoms with Gasteiger partial charge in [0.05, 0.1) is 6.42 Å². The predicted octanol–water partition coefficient (Wildman–Crippen LogP) is 1.97. The first-order chi connectivity index (χ1) is 8.22. The number of H-pyrrole nitrogens is 1. The summed E-state index contributed by atoms with van der Waals surface area (Å²) < 4.78 is 0. The van der Waals surface area contributed by atoms with Crippen LogP contribution in [0.15, 0.2) is 24.5 Å². The number of nitrogens with zero attached hydrogens (tertiary/aromatic N) is 2. The molecule has 1 N–H and O–H groups in total. The van der Waals surface area contributed by atoms with Crippen molar-refractivity contribution in [3.63, 3.8) is 0 Å². The van der Waals surface area contributed by atoms with E-state index in [1.807, 2.05) is 25.4 Å². The second-order valence-corrected chi connectivity index (χ2v) is 4.21. The van der Waals surface area contributed by atoms with Crippen LogP contribution < -0.4 is 0 Å². The normalized spacial score (nSPS) is 10.7. The van der Waals surface area contributed by atoms with Crippen molar-refractivity contribution < 1.29 is 4.79 Å². The summed E-state index contributed by atoms with van der Waals surface area (Å²) in [7, 11) is 1.85. The Morgan fingerprint density at radius 1 is 1.53 bits per heavy atom. The monoisotopic (exact) mass is 231 g/mol. The van der Waals surface area contributed by atoms with E-state index in [9.17, 15) is 4.79 Å². The summed E-state index contributed by atoms with van der Waals surface area (Å²) in [5, 5.41) is 1.03. The minimum absolute atomic E-state index is 0.150. The van der Waals surface area contributed by atoms with E-state index in [2.05, 4.69) is 16.9 Å². The highest BCUT2D eigenvalue weighted by Gasteiger charge is 2.12. The molecule has 0 unspecified atom stereocenters. The third-order valence-electron chi connectivity index (χ3n) is 2.86. The summed E-state index contributed by atoms with van der Waals surface area (Å²) in [5.74, 6) is 0.150. The van der Waals surface area contributed by atoms with Gasteiger partial charge >= 0.3 is 0 Å². The quantitative estimate of drug-likeness (QED) is 0.874. The van der Waals surface area contributed by atoms with E-state index in [0.29, 0.717) is 6.42 Å². The van der Waals surface area contributed by atoms with E-state index in [1.54, 1.807) is 11.1 Å². The maximum atomic E-state index is 11.9. The molecule has 0 spiro atoms. The summed E-state index contributed by atoms with van der Waals surface area (Å²) >= 11 is 0. The predicted molar refractivity (Wildman–Crippen MR) is 67.7 cm³/mol. The zero-order valence-electron chi connectivity index (χ0n) is 10.2. The largest absolute Gasteiger partial charge is 0.346 e. The summed E-state index contributed by atoms with van der Waals surface area (Å²) in [4.78, 5) is 21.0. The molecule has 2 heterocycles. The van der Waals surface area contributed by atoms with Gasteiger partial charge in [-0.05, 0) is 24.1 Å². The first kappa shape index (κ1) is 11.6. The summed E-state index contributed by atoms with van der Waals surface area (Å²) in [6.45, 7) is 2.87. The number of amides is 1. The first-order valence-corrected chi connectivity index (χ1v) is 5.87. The molecule has 0 saturated heterocycles. The SMILES string of the molecule is CCCN(C)C(=O)Cc1c[nH]c2ncccc12. The lowest BCUT2D eigenvalue weighted by Gasteiger charge is -2.15. The third-order valence-corrected chi connectivity index (χ3v) is 2.86. The smallest absolute Gasteiger partial charge is 0.226 e. The van der Waals surface area contributed by atoms with Gasteiger partial charge in [0.25, 0.3) is 0 Å². The van der Waals surface area contributed by atoms with Gasteiger partial charge < -0.3 is 9.88 Å². The highest BCUT2D eigenvalue weighted by molar-refractivity contribution is 5.86. The molecular weight excluding hydrogens is 214 g/mol. The van der Waals surface area contributed by atoms with Crippen molar-refractivity contribution >= 4 is 16.9 Å². The molecule has 2 aromatic heterocycles. The molecule has 0 saturated carbocycles. The lowest BCUT2D eigenvalue weighted by atomic mass is 10.1. The Hall–Kier alpha value is -1.84. The highest BCUT2D eigenvalue weighted by Crippen LogP contribution is 2.16. The van der Waals surface area contributed by atoms with Gasteiger partial charge in [-0.15, -0.1) is 0 Å². The van der Waals surface area contributed by atoms with Crippen LogP contribution in [0.4, 0.5) is 0 Å². The van der Waals surface area contributed by atoms with E-state index in [4.69, 9.17) is 0 Å². The van der Waals surface area contributed by atoms with E-state index in [0.717, 1.165) is 29.6 Å². The van der Waals surface area contributed by atoms with Crippen molar-refractivity contribution in [3.05, 3.63) is 30.1 Å². The van der Waals surface area contributed by atoms with Crippen molar-refractivity contribution in [1.82, 2.24) is 14.9 Å². The number of aromatic amines is 1. The molecule has 0 fully saturated rings. The number of rotatable bonds is 4. The first-order valence-electron chi connectivity index (χ1n) is 5.87. The zero-order chi connectivity index (χ0) is 12.3. The Bertz CT molecular complexity index is 518. The molecule has 0 aliphatic carbocycles. The lowest BCUT2D eigenvalue weighted by Crippen LogP contribution is -2.28. The van der Waals surface area contributed by atoms with Crippen LogP contribution in [-0.4, -0.2) is 34.4 Å². The fraction of sp³-hybridized carbons (Fsp3) is 0.385. The number of pyridine rings is 1. The standard InChI is InChI=1S/C13H17N3O/c1-3-7-16(2)12(17)8-10-9-15-13-11(10)5-4-6-14-13/h4-6,9H,3,7-8H2,1-2H3,(H,14,15). The van der Waals surface area contributed by atoms with Crippen LogP contribution in [0.3, 0.4) is 0 Å². The minimum atomic E-state index is 0.150. The summed E-state index contributed by atoms with van der Waals surface area (Å²) in [6, 6.07) is 3.88. The van der Waals surface area contributed by atoms with Crippen molar-refractivity contribution in [1.29, 1.82) is 0 Å². The Balaban J connectivity index is 2.16. The Morgan fingerprint density at radius 3 is 3.12 bits per heavy atom. The zero-order valence-corrected chi connectivity index (χ0v) is 10.2. The number of hydrogen-bond acceptors (Lipinski definition) is 2. The second-order valence-electron chi connectivity index (χ2n) is 4.21. The van der Waals surface area contributed by atoms with Crippen molar-refractivity contribution in [2.24, 2.45) is 0 Å². The number of likely N-dealkylation sites (N-methyl/N-ethyl adjacent to an activating group) is 1. The van der Waals surface area contributed by atoms with Gasteiger partial charge in [0.1, 0.15) is 5.65 Å². The van der Waals surface area contributed by atoms with Crippen molar-refractivity contribution in [3.8, 4) is 0 Å². The van der Waals surface area contributed by atoms with Crippen LogP contribution in [0, 0.1) is 0 Å². The van der Waals surface area contributed by atoms with Crippen LogP contribution in [0.1, 0.15) is 18.9 Å². The van der Waals surface area contributed by atoms with Crippen LogP contribution in [0.25, 0.3) is 11.0 Å². The Kier molecular flexibility index (Phi) is 3.42. The maximum absolute atomic E-state index is 11.9. The second kappa shape index (κ2) is 4.99.